The second kappa shape index (κ2) is 11.7. The highest BCUT2D eigenvalue weighted by Crippen LogP contribution is 2.49. The first-order chi connectivity index (χ1) is 26.5. The smallest absolute Gasteiger partial charge is 0.164 e. The summed E-state index contributed by atoms with van der Waals surface area (Å²) in [5.74, 6) is 1.94. The second-order valence-electron chi connectivity index (χ2n) is 14.7. The fourth-order valence-corrected chi connectivity index (χ4v) is 9.50. The van der Waals surface area contributed by atoms with E-state index >= 15 is 0 Å². The van der Waals surface area contributed by atoms with Crippen LogP contribution in [0.2, 0.25) is 0 Å². The Labute approximate surface area is 316 Å². The zero-order valence-corrected chi connectivity index (χ0v) is 30.5. The van der Waals surface area contributed by atoms with E-state index in [-0.39, 0.29) is 5.41 Å². The fourth-order valence-electron chi connectivity index (χ4n) is 8.32. The quantitative estimate of drug-likeness (QED) is 0.183. The molecule has 10 aromatic rings. The normalized spacial score (nSPS) is 13.1. The molecule has 0 N–H and O–H groups in total. The maximum Gasteiger partial charge on any atom is 0.164 e. The van der Waals surface area contributed by atoms with Gasteiger partial charge in [-0.15, -0.1) is 11.3 Å². The van der Waals surface area contributed by atoms with E-state index in [1.54, 1.807) is 0 Å². The minimum absolute atomic E-state index is 0.134. The number of hydrogen-bond acceptors (Lipinski definition) is 5. The van der Waals surface area contributed by atoms with E-state index in [0.29, 0.717) is 17.5 Å². The van der Waals surface area contributed by atoms with Gasteiger partial charge < -0.3 is 0 Å². The molecule has 254 valence electrons. The lowest BCUT2D eigenvalue weighted by Gasteiger charge is -2.21. The summed E-state index contributed by atoms with van der Waals surface area (Å²) >= 11 is 1.81. The van der Waals surface area contributed by atoms with Gasteiger partial charge in [-0.1, -0.05) is 153 Å². The number of nitrogens with zero attached hydrogens (tertiary/aromatic N) is 4. The lowest BCUT2D eigenvalue weighted by atomic mass is 9.82. The van der Waals surface area contributed by atoms with Gasteiger partial charge >= 0.3 is 0 Å². The number of aromatic nitrogens is 4. The average molecular weight is 709 g/mol. The first kappa shape index (κ1) is 31.0. The van der Waals surface area contributed by atoms with Crippen LogP contribution >= 0.6 is 11.3 Å². The van der Waals surface area contributed by atoms with Crippen LogP contribution < -0.4 is 0 Å². The standard InChI is InChI=1S/C49H32N4S/c1-49(2)40-17-9-7-13-35(40)36-26-25-34(28-41(36)49)48-52-46(51-47(53-48)33-24-19-29-11-3-4-12-32(29)27-33)31-22-20-30(21-23-31)43-37-14-5-6-15-38(37)45-44(50-43)39-16-8-10-18-42(39)54-45/h3-28H,1-2H3. The molecule has 1 aliphatic carbocycles. The minimum Gasteiger partial charge on any atom is -0.246 e. The molecule has 0 radical (unpaired) electrons. The largest absolute Gasteiger partial charge is 0.246 e. The molecular formula is C49H32N4S. The maximum absolute atomic E-state index is 5.32. The summed E-state index contributed by atoms with van der Waals surface area (Å²) in [6.07, 6.45) is 0. The van der Waals surface area contributed by atoms with Crippen LogP contribution in [0.5, 0.6) is 0 Å². The van der Waals surface area contributed by atoms with Gasteiger partial charge in [0.25, 0.3) is 0 Å². The third-order valence-corrected chi connectivity index (χ3v) is 12.3. The lowest BCUT2D eigenvalue weighted by molar-refractivity contribution is 0.660. The van der Waals surface area contributed by atoms with E-state index in [9.17, 15) is 0 Å². The first-order valence-electron chi connectivity index (χ1n) is 18.3. The Bertz CT molecular complexity index is 3140. The van der Waals surface area contributed by atoms with E-state index in [4.69, 9.17) is 19.9 Å². The third kappa shape index (κ3) is 4.75. The zero-order chi connectivity index (χ0) is 36.0. The highest BCUT2D eigenvalue weighted by molar-refractivity contribution is 7.26. The topological polar surface area (TPSA) is 51.6 Å². The van der Waals surface area contributed by atoms with E-state index in [1.807, 2.05) is 11.3 Å². The molecule has 0 fully saturated rings. The number of benzene rings is 7. The molecule has 54 heavy (non-hydrogen) atoms. The summed E-state index contributed by atoms with van der Waals surface area (Å²) in [5, 5.41) is 5.90. The van der Waals surface area contributed by atoms with Crippen molar-refractivity contribution in [2.45, 2.75) is 19.3 Å². The third-order valence-electron chi connectivity index (χ3n) is 11.1. The van der Waals surface area contributed by atoms with Crippen LogP contribution in [-0.4, -0.2) is 19.9 Å². The van der Waals surface area contributed by atoms with Crippen molar-refractivity contribution in [3.63, 3.8) is 0 Å². The zero-order valence-electron chi connectivity index (χ0n) is 29.7. The van der Waals surface area contributed by atoms with Gasteiger partial charge in [0.05, 0.1) is 15.9 Å². The van der Waals surface area contributed by atoms with Gasteiger partial charge in [0, 0.05) is 48.5 Å². The van der Waals surface area contributed by atoms with Gasteiger partial charge in [0.15, 0.2) is 17.5 Å². The molecule has 11 rings (SSSR count). The van der Waals surface area contributed by atoms with Crippen molar-refractivity contribution in [3.05, 3.63) is 169 Å². The van der Waals surface area contributed by atoms with E-state index in [1.165, 1.54) is 47.8 Å². The van der Waals surface area contributed by atoms with E-state index < -0.39 is 0 Å². The SMILES string of the molecule is CC1(C)c2ccccc2-c2ccc(-c3nc(-c4ccc(-c5nc6c7ccccc7sc6c6ccccc56)cc4)nc(-c4ccc5ccccc5c4)n3)cc21. The summed E-state index contributed by atoms with van der Waals surface area (Å²) in [6.45, 7) is 4.61. The van der Waals surface area contributed by atoms with E-state index in [2.05, 4.69) is 172 Å². The average Bonchev–Trinajstić information content (AvgIpc) is 3.72. The van der Waals surface area contributed by atoms with E-state index in [0.717, 1.165) is 44.2 Å². The molecule has 0 atom stereocenters. The molecule has 0 amide bonds. The maximum atomic E-state index is 5.32. The van der Waals surface area contributed by atoms with Crippen LogP contribution in [0.4, 0.5) is 0 Å². The van der Waals surface area contributed by atoms with Crippen molar-refractivity contribution in [1.82, 2.24) is 19.9 Å². The molecule has 3 heterocycles. The second-order valence-corrected chi connectivity index (χ2v) is 15.7. The molecule has 0 spiro atoms. The Balaban J connectivity index is 1.06. The van der Waals surface area contributed by atoms with Gasteiger partial charge in [0.2, 0.25) is 0 Å². The van der Waals surface area contributed by atoms with Gasteiger partial charge in [-0.3, -0.25) is 0 Å². The highest BCUT2D eigenvalue weighted by atomic mass is 32.1. The highest BCUT2D eigenvalue weighted by Gasteiger charge is 2.35. The molecule has 1 aliphatic rings. The predicted molar refractivity (Wildman–Crippen MR) is 225 cm³/mol. The van der Waals surface area contributed by atoms with Crippen LogP contribution in [0.25, 0.3) is 98.4 Å². The van der Waals surface area contributed by atoms with Crippen molar-refractivity contribution < 1.29 is 0 Å². The van der Waals surface area contributed by atoms with Crippen LogP contribution in [0, 0.1) is 0 Å². The summed E-state index contributed by atoms with van der Waals surface area (Å²) < 4.78 is 2.48. The predicted octanol–water partition coefficient (Wildman–Crippen LogP) is 12.9. The number of rotatable bonds is 4. The molecule has 7 aromatic carbocycles. The van der Waals surface area contributed by atoms with Gasteiger partial charge in [-0.25, -0.2) is 19.9 Å². The van der Waals surface area contributed by atoms with Gasteiger partial charge in [-0.2, -0.15) is 0 Å². The summed E-state index contributed by atoms with van der Waals surface area (Å²) in [6, 6.07) is 55.9. The van der Waals surface area contributed by atoms with Crippen molar-refractivity contribution in [1.29, 1.82) is 0 Å². The van der Waals surface area contributed by atoms with Crippen LogP contribution in [0.3, 0.4) is 0 Å². The molecule has 4 nitrogen and oxygen atoms in total. The van der Waals surface area contributed by atoms with Crippen molar-refractivity contribution in [2.24, 2.45) is 0 Å². The monoisotopic (exact) mass is 708 g/mol. The summed E-state index contributed by atoms with van der Waals surface area (Å²) in [7, 11) is 0. The molecule has 5 heteroatoms. The van der Waals surface area contributed by atoms with Crippen molar-refractivity contribution in [3.8, 4) is 56.5 Å². The van der Waals surface area contributed by atoms with Crippen LogP contribution in [0.1, 0.15) is 25.0 Å². The molecule has 0 saturated heterocycles. The summed E-state index contributed by atoms with van der Waals surface area (Å²) in [4.78, 5) is 20.8. The molecule has 3 aromatic heterocycles. The Kier molecular flexibility index (Phi) is 6.73. The van der Waals surface area contributed by atoms with Gasteiger partial charge in [0.1, 0.15) is 0 Å². The Hall–Kier alpha value is -6.56. The fraction of sp³-hybridized carbons (Fsp3) is 0.0612. The molecule has 0 saturated carbocycles. The van der Waals surface area contributed by atoms with Gasteiger partial charge in [-0.05, 0) is 51.2 Å². The molecule has 0 aliphatic heterocycles. The number of fused-ring (bicyclic) bond motifs is 9. The van der Waals surface area contributed by atoms with Crippen molar-refractivity contribution >= 4 is 53.2 Å². The first-order valence-corrected chi connectivity index (χ1v) is 19.1. The molecule has 0 bridgehead atoms. The Morgan fingerprint density at radius 3 is 1.81 bits per heavy atom. The Morgan fingerprint density at radius 1 is 0.426 bits per heavy atom. The summed E-state index contributed by atoms with van der Waals surface area (Å²) in [5.41, 5.74) is 11.0. The van der Waals surface area contributed by atoms with Crippen LogP contribution in [-0.2, 0) is 5.41 Å². The van der Waals surface area contributed by atoms with Crippen LogP contribution in [0.15, 0.2) is 158 Å². The molecular weight excluding hydrogens is 677 g/mol. The molecule has 0 unspecified atom stereocenters. The Morgan fingerprint density at radius 2 is 1.00 bits per heavy atom. The minimum atomic E-state index is -0.134. The number of pyridine rings is 1. The van der Waals surface area contributed by atoms with Crippen molar-refractivity contribution in [2.75, 3.05) is 0 Å². The number of hydrogen-bond donors (Lipinski definition) is 0. The lowest BCUT2D eigenvalue weighted by Crippen LogP contribution is -2.15. The number of thiophene rings is 1.